The summed E-state index contributed by atoms with van der Waals surface area (Å²) >= 11 is 5.95. The van der Waals surface area contributed by atoms with Crippen molar-refractivity contribution in [2.45, 2.75) is 0 Å². The van der Waals surface area contributed by atoms with Crippen LogP contribution in [0.3, 0.4) is 0 Å². The van der Waals surface area contributed by atoms with Crippen LogP contribution in [0.1, 0.15) is 5.56 Å². The summed E-state index contributed by atoms with van der Waals surface area (Å²) in [7, 11) is 0. The van der Waals surface area contributed by atoms with Gasteiger partial charge in [-0.15, -0.1) is 0 Å². The van der Waals surface area contributed by atoms with Gasteiger partial charge in [0.05, 0.1) is 10.7 Å². The number of nitrogens with two attached hydrogens (primary N) is 1. The van der Waals surface area contributed by atoms with Gasteiger partial charge < -0.3 is 11.1 Å². The lowest BCUT2D eigenvalue weighted by Crippen LogP contribution is -2.07. The Hall–Kier alpha value is -2.26. The molecule has 1 amide bonds. The van der Waals surface area contributed by atoms with Gasteiger partial charge in [-0.25, -0.2) is 0 Å². The summed E-state index contributed by atoms with van der Waals surface area (Å²) in [6.07, 6.45) is 3.14. The Morgan fingerprint density at radius 1 is 1.16 bits per heavy atom. The SMILES string of the molecule is Nc1cccc(/C=C/C(=O)Nc2ccccc2Cl)c1. The zero-order valence-corrected chi connectivity index (χ0v) is 10.9. The fraction of sp³-hybridized carbons (Fsp3) is 0. The molecule has 3 nitrogen and oxygen atoms in total. The van der Waals surface area contributed by atoms with Crippen molar-refractivity contribution in [3.63, 3.8) is 0 Å². The van der Waals surface area contributed by atoms with Crippen LogP contribution in [0.25, 0.3) is 6.08 Å². The Morgan fingerprint density at radius 2 is 1.95 bits per heavy atom. The molecule has 0 aliphatic heterocycles. The van der Waals surface area contributed by atoms with Gasteiger partial charge in [-0.1, -0.05) is 35.9 Å². The number of hydrogen-bond acceptors (Lipinski definition) is 2. The number of nitrogens with one attached hydrogen (secondary N) is 1. The van der Waals surface area contributed by atoms with Gasteiger partial charge >= 0.3 is 0 Å². The van der Waals surface area contributed by atoms with Gasteiger partial charge in [0.1, 0.15) is 0 Å². The first kappa shape index (κ1) is 13.2. The topological polar surface area (TPSA) is 55.1 Å². The molecular weight excluding hydrogens is 260 g/mol. The van der Waals surface area contributed by atoms with Gasteiger partial charge in [0, 0.05) is 11.8 Å². The maximum atomic E-state index is 11.7. The monoisotopic (exact) mass is 272 g/mol. The molecule has 4 heteroatoms. The molecule has 0 aliphatic carbocycles. The largest absolute Gasteiger partial charge is 0.399 e. The first-order chi connectivity index (χ1) is 9.15. The Labute approximate surface area is 116 Å². The predicted molar refractivity (Wildman–Crippen MR) is 80.0 cm³/mol. The van der Waals surface area contributed by atoms with Crippen molar-refractivity contribution < 1.29 is 4.79 Å². The third kappa shape index (κ3) is 3.86. The van der Waals surface area contributed by atoms with Crippen molar-refractivity contribution in [2.24, 2.45) is 0 Å². The van der Waals surface area contributed by atoms with Gasteiger partial charge in [-0.2, -0.15) is 0 Å². The number of halogens is 1. The molecule has 96 valence electrons. The molecule has 19 heavy (non-hydrogen) atoms. The highest BCUT2D eigenvalue weighted by atomic mass is 35.5. The van der Waals surface area contributed by atoms with Crippen molar-refractivity contribution in [1.29, 1.82) is 0 Å². The average Bonchev–Trinajstić information content (AvgIpc) is 2.39. The first-order valence-corrected chi connectivity index (χ1v) is 6.12. The third-order valence-corrected chi connectivity index (χ3v) is 2.80. The maximum Gasteiger partial charge on any atom is 0.248 e. The minimum Gasteiger partial charge on any atom is -0.399 e. The zero-order valence-electron chi connectivity index (χ0n) is 10.1. The van der Waals surface area contributed by atoms with E-state index in [2.05, 4.69) is 5.32 Å². The van der Waals surface area contributed by atoms with Crippen LogP contribution in [0.5, 0.6) is 0 Å². The van der Waals surface area contributed by atoms with Crippen LogP contribution in [-0.4, -0.2) is 5.91 Å². The number of anilines is 2. The summed E-state index contributed by atoms with van der Waals surface area (Å²) in [5.74, 6) is -0.240. The van der Waals surface area contributed by atoms with E-state index in [0.717, 1.165) is 5.56 Å². The molecule has 0 bridgehead atoms. The Morgan fingerprint density at radius 3 is 2.68 bits per heavy atom. The molecule has 0 unspecified atom stereocenters. The Balaban J connectivity index is 2.04. The molecule has 0 atom stereocenters. The quantitative estimate of drug-likeness (QED) is 0.663. The molecule has 0 aromatic heterocycles. The van der Waals surface area contributed by atoms with Gasteiger partial charge in [0.2, 0.25) is 5.91 Å². The lowest BCUT2D eigenvalue weighted by atomic mass is 10.2. The van der Waals surface area contributed by atoms with E-state index in [1.54, 1.807) is 36.4 Å². The number of carbonyl (C=O) groups excluding carboxylic acids is 1. The number of amides is 1. The molecule has 0 fully saturated rings. The second kappa shape index (κ2) is 6.07. The Bertz CT molecular complexity index is 623. The first-order valence-electron chi connectivity index (χ1n) is 5.74. The van der Waals surface area contributed by atoms with Crippen LogP contribution in [0.2, 0.25) is 5.02 Å². The van der Waals surface area contributed by atoms with E-state index in [4.69, 9.17) is 17.3 Å². The van der Waals surface area contributed by atoms with Crippen LogP contribution in [0.15, 0.2) is 54.6 Å². The molecule has 0 saturated heterocycles. The lowest BCUT2D eigenvalue weighted by Gasteiger charge is -2.03. The molecule has 2 aromatic carbocycles. The number of para-hydroxylation sites is 1. The van der Waals surface area contributed by atoms with Crippen LogP contribution in [-0.2, 0) is 4.79 Å². The van der Waals surface area contributed by atoms with Gasteiger partial charge in [0.15, 0.2) is 0 Å². The van der Waals surface area contributed by atoms with Gasteiger partial charge in [0.25, 0.3) is 0 Å². The summed E-state index contributed by atoms with van der Waals surface area (Å²) in [4.78, 5) is 11.7. The van der Waals surface area contributed by atoms with Crippen LogP contribution >= 0.6 is 11.6 Å². The fourth-order valence-corrected chi connectivity index (χ4v) is 1.75. The van der Waals surface area contributed by atoms with Crippen molar-refractivity contribution >= 4 is 35.0 Å². The summed E-state index contributed by atoms with van der Waals surface area (Å²) in [6, 6.07) is 14.4. The van der Waals surface area contributed by atoms with E-state index in [0.29, 0.717) is 16.4 Å². The summed E-state index contributed by atoms with van der Waals surface area (Å²) in [6.45, 7) is 0. The van der Waals surface area contributed by atoms with Crippen LogP contribution < -0.4 is 11.1 Å². The molecule has 3 N–H and O–H groups in total. The smallest absolute Gasteiger partial charge is 0.248 e. The summed E-state index contributed by atoms with van der Waals surface area (Å²) in [5.41, 5.74) is 7.78. The van der Waals surface area contributed by atoms with Crippen LogP contribution in [0, 0.1) is 0 Å². The molecule has 0 saturated carbocycles. The summed E-state index contributed by atoms with van der Waals surface area (Å²) < 4.78 is 0. The second-order valence-corrected chi connectivity index (χ2v) is 4.38. The van der Waals surface area contributed by atoms with Crippen molar-refractivity contribution in [3.8, 4) is 0 Å². The van der Waals surface area contributed by atoms with Gasteiger partial charge in [-0.05, 0) is 35.9 Å². The zero-order chi connectivity index (χ0) is 13.7. The van der Waals surface area contributed by atoms with E-state index in [9.17, 15) is 4.79 Å². The Kier molecular flexibility index (Phi) is 4.21. The van der Waals surface area contributed by atoms with Crippen molar-refractivity contribution in [3.05, 3.63) is 65.2 Å². The maximum absolute atomic E-state index is 11.7. The normalized spacial score (nSPS) is 10.6. The van der Waals surface area contributed by atoms with E-state index >= 15 is 0 Å². The third-order valence-electron chi connectivity index (χ3n) is 2.47. The molecule has 2 rings (SSSR count). The van der Waals surface area contributed by atoms with Gasteiger partial charge in [-0.3, -0.25) is 4.79 Å². The lowest BCUT2D eigenvalue weighted by molar-refractivity contribution is -0.111. The average molecular weight is 273 g/mol. The van der Waals surface area contributed by atoms with E-state index < -0.39 is 0 Å². The highest BCUT2D eigenvalue weighted by Crippen LogP contribution is 2.20. The number of benzene rings is 2. The second-order valence-electron chi connectivity index (χ2n) is 3.97. The number of carbonyl (C=O) groups is 1. The number of rotatable bonds is 3. The number of hydrogen-bond donors (Lipinski definition) is 2. The minimum atomic E-state index is -0.240. The van der Waals surface area contributed by atoms with E-state index in [1.165, 1.54) is 6.08 Å². The highest BCUT2D eigenvalue weighted by Gasteiger charge is 2.01. The van der Waals surface area contributed by atoms with Crippen molar-refractivity contribution in [1.82, 2.24) is 0 Å². The molecule has 0 aliphatic rings. The molecule has 0 spiro atoms. The minimum absolute atomic E-state index is 0.240. The molecule has 0 heterocycles. The molecular formula is C15H13ClN2O. The number of nitrogen functional groups attached to an aromatic ring is 1. The molecule has 0 radical (unpaired) electrons. The highest BCUT2D eigenvalue weighted by molar-refractivity contribution is 6.33. The standard InChI is InChI=1S/C15H13ClN2O/c16-13-6-1-2-7-14(13)18-15(19)9-8-11-4-3-5-12(17)10-11/h1-10H,17H2,(H,18,19)/b9-8+. The van der Waals surface area contributed by atoms with Crippen molar-refractivity contribution in [2.75, 3.05) is 11.1 Å². The predicted octanol–water partition coefficient (Wildman–Crippen LogP) is 3.57. The fourth-order valence-electron chi connectivity index (χ4n) is 1.57. The summed E-state index contributed by atoms with van der Waals surface area (Å²) in [5, 5.41) is 3.21. The van der Waals surface area contributed by atoms with E-state index in [1.807, 2.05) is 18.2 Å². The molecule has 2 aromatic rings. The van der Waals surface area contributed by atoms with Crippen LogP contribution in [0.4, 0.5) is 11.4 Å². The van der Waals surface area contributed by atoms with E-state index in [-0.39, 0.29) is 5.91 Å².